The predicted molar refractivity (Wildman–Crippen MR) is 83.7 cm³/mol. The third-order valence-corrected chi connectivity index (χ3v) is 4.73. The lowest BCUT2D eigenvalue weighted by molar-refractivity contribution is 0.195. The highest BCUT2D eigenvalue weighted by atomic mass is 35.5. The molecule has 1 fully saturated rings. The van der Waals surface area contributed by atoms with Gasteiger partial charge in [-0.1, -0.05) is 44.0 Å². The quantitative estimate of drug-likeness (QED) is 0.843. The third-order valence-electron chi connectivity index (χ3n) is 4.48. The molecule has 0 spiro atoms. The van der Waals surface area contributed by atoms with Gasteiger partial charge in [0.25, 0.3) is 0 Å². The van der Waals surface area contributed by atoms with Crippen LogP contribution in [0.3, 0.4) is 0 Å². The fraction of sp³-hybridized carbons (Fsp3) is 0.647. The van der Waals surface area contributed by atoms with E-state index in [0.717, 1.165) is 23.3 Å². The zero-order valence-electron chi connectivity index (χ0n) is 12.3. The smallest absolute Gasteiger partial charge is 0.0406 e. The van der Waals surface area contributed by atoms with Crippen molar-refractivity contribution in [3.63, 3.8) is 0 Å². The van der Waals surface area contributed by atoms with Crippen LogP contribution in [0.25, 0.3) is 0 Å². The molecule has 0 bridgehead atoms. The van der Waals surface area contributed by atoms with Crippen molar-refractivity contribution in [1.82, 2.24) is 5.32 Å². The Labute approximate surface area is 122 Å². The summed E-state index contributed by atoms with van der Waals surface area (Å²) >= 11 is 5.93. The van der Waals surface area contributed by atoms with Crippen molar-refractivity contribution in [3.05, 3.63) is 34.9 Å². The lowest BCUT2D eigenvalue weighted by atomic mass is 9.78. The van der Waals surface area contributed by atoms with Gasteiger partial charge in [0.05, 0.1) is 0 Å². The summed E-state index contributed by atoms with van der Waals surface area (Å²) < 4.78 is 0. The largest absolute Gasteiger partial charge is 0.311 e. The van der Waals surface area contributed by atoms with E-state index in [4.69, 9.17) is 11.6 Å². The minimum absolute atomic E-state index is 0.522. The summed E-state index contributed by atoms with van der Waals surface area (Å²) in [5.41, 5.74) is 1.36. The first-order chi connectivity index (χ1) is 9.06. The van der Waals surface area contributed by atoms with Crippen molar-refractivity contribution in [2.45, 2.75) is 58.5 Å². The Morgan fingerprint density at radius 1 is 1.16 bits per heavy atom. The fourth-order valence-corrected chi connectivity index (χ4v) is 3.50. The second kappa shape index (κ2) is 6.76. The predicted octanol–water partition coefficient (Wildman–Crippen LogP) is 4.69. The minimum atomic E-state index is 0.522. The number of halogens is 1. The zero-order valence-corrected chi connectivity index (χ0v) is 13.1. The molecular formula is C17H26ClN. The first-order valence-electron chi connectivity index (χ1n) is 7.56. The molecule has 0 aliphatic heterocycles. The molecule has 1 aliphatic rings. The van der Waals surface area contributed by atoms with Gasteiger partial charge in [-0.15, -0.1) is 0 Å². The molecule has 1 aromatic rings. The van der Waals surface area contributed by atoms with E-state index in [9.17, 15) is 0 Å². The molecule has 1 saturated carbocycles. The molecule has 2 heteroatoms. The van der Waals surface area contributed by atoms with Crippen molar-refractivity contribution in [2.24, 2.45) is 11.8 Å². The molecule has 0 aromatic heterocycles. The van der Waals surface area contributed by atoms with E-state index in [1.165, 1.54) is 24.8 Å². The highest BCUT2D eigenvalue weighted by Gasteiger charge is 2.28. The van der Waals surface area contributed by atoms with Crippen molar-refractivity contribution in [1.29, 1.82) is 0 Å². The average molecular weight is 280 g/mol. The summed E-state index contributed by atoms with van der Waals surface area (Å²) in [6.07, 6.45) is 5.21. The molecule has 1 aromatic carbocycles. The van der Waals surface area contributed by atoms with Crippen LogP contribution in [0.2, 0.25) is 5.02 Å². The molecule has 0 saturated heterocycles. The summed E-state index contributed by atoms with van der Waals surface area (Å²) in [5.74, 6) is 1.60. The molecule has 0 radical (unpaired) electrons. The maximum absolute atomic E-state index is 5.93. The van der Waals surface area contributed by atoms with E-state index in [0.29, 0.717) is 12.1 Å². The zero-order chi connectivity index (χ0) is 13.8. The summed E-state index contributed by atoms with van der Waals surface area (Å²) in [7, 11) is 0. The van der Waals surface area contributed by atoms with E-state index in [1.54, 1.807) is 0 Å². The van der Waals surface area contributed by atoms with Gasteiger partial charge >= 0.3 is 0 Å². The Bertz CT molecular complexity index is 377. The molecule has 3 atom stereocenters. The Morgan fingerprint density at radius 3 is 2.32 bits per heavy atom. The average Bonchev–Trinajstić information content (AvgIpc) is 2.37. The first kappa shape index (κ1) is 14.9. The van der Waals surface area contributed by atoms with Gasteiger partial charge < -0.3 is 5.32 Å². The fourth-order valence-electron chi connectivity index (χ4n) is 3.37. The Kier molecular flexibility index (Phi) is 5.29. The minimum Gasteiger partial charge on any atom is -0.311 e. The van der Waals surface area contributed by atoms with Gasteiger partial charge in [-0.05, 0) is 55.7 Å². The molecule has 19 heavy (non-hydrogen) atoms. The van der Waals surface area contributed by atoms with Crippen LogP contribution in [0.1, 0.15) is 45.6 Å². The Hall–Kier alpha value is -0.530. The topological polar surface area (TPSA) is 12.0 Å². The van der Waals surface area contributed by atoms with Crippen molar-refractivity contribution in [3.8, 4) is 0 Å². The second-order valence-corrected chi connectivity index (χ2v) is 6.75. The third kappa shape index (κ3) is 4.22. The molecule has 1 nitrogen and oxygen atoms in total. The maximum atomic E-state index is 5.93. The maximum Gasteiger partial charge on any atom is 0.0406 e. The van der Waals surface area contributed by atoms with Gasteiger partial charge in [-0.2, -0.15) is 0 Å². The highest BCUT2D eigenvalue weighted by molar-refractivity contribution is 6.30. The van der Waals surface area contributed by atoms with Crippen LogP contribution < -0.4 is 5.32 Å². The lowest BCUT2D eigenvalue weighted by Crippen LogP contribution is -2.47. The van der Waals surface area contributed by atoms with Crippen LogP contribution in [-0.4, -0.2) is 12.1 Å². The Morgan fingerprint density at radius 2 is 1.74 bits per heavy atom. The standard InChI is InChI=1S/C17H26ClN/c1-12-5-4-6-13(2)17(12)19-14(3)11-15-7-9-16(18)10-8-15/h7-10,12-14,17,19H,4-6,11H2,1-3H3. The number of rotatable bonds is 4. The molecule has 1 N–H and O–H groups in total. The van der Waals surface area contributed by atoms with Gasteiger partial charge in [0.15, 0.2) is 0 Å². The van der Waals surface area contributed by atoms with Gasteiger partial charge in [0.1, 0.15) is 0 Å². The van der Waals surface area contributed by atoms with E-state index >= 15 is 0 Å². The van der Waals surface area contributed by atoms with E-state index < -0.39 is 0 Å². The summed E-state index contributed by atoms with van der Waals surface area (Å²) in [6.45, 7) is 7.08. The summed E-state index contributed by atoms with van der Waals surface area (Å²) in [5, 5.41) is 4.67. The van der Waals surface area contributed by atoms with Gasteiger partial charge in [-0.25, -0.2) is 0 Å². The van der Waals surface area contributed by atoms with Gasteiger partial charge in [-0.3, -0.25) is 0 Å². The molecule has 106 valence electrons. The van der Waals surface area contributed by atoms with Gasteiger partial charge in [0.2, 0.25) is 0 Å². The van der Waals surface area contributed by atoms with E-state index in [2.05, 4.69) is 38.2 Å². The molecule has 3 unspecified atom stereocenters. The summed E-state index contributed by atoms with van der Waals surface area (Å²) in [4.78, 5) is 0. The molecular weight excluding hydrogens is 254 g/mol. The van der Waals surface area contributed by atoms with Crippen molar-refractivity contribution < 1.29 is 0 Å². The van der Waals surface area contributed by atoms with Gasteiger partial charge in [0, 0.05) is 17.1 Å². The molecule has 1 aliphatic carbocycles. The second-order valence-electron chi connectivity index (χ2n) is 6.31. The van der Waals surface area contributed by atoms with Crippen LogP contribution in [0.4, 0.5) is 0 Å². The lowest BCUT2D eigenvalue weighted by Gasteiger charge is -2.37. The van der Waals surface area contributed by atoms with Crippen LogP contribution in [-0.2, 0) is 6.42 Å². The number of hydrogen-bond donors (Lipinski definition) is 1. The SMILES string of the molecule is CC(Cc1ccc(Cl)cc1)NC1C(C)CCCC1C. The van der Waals surface area contributed by atoms with Crippen LogP contribution in [0, 0.1) is 11.8 Å². The van der Waals surface area contributed by atoms with Crippen LogP contribution in [0.15, 0.2) is 24.3 Å². The van der Waals surface area contributed by atoms with E-state index in [-0.39, 0.29) is 0 Å². The Balaban J connectivity index is 1.89. The van der Waals surface area contributed by atoms with Crippen LogP contribution in [0.5, 0.6) is 0 Å². The number of benzene rings is 1. The van der Waals surface area contributed by atoms with Crippen molar-refractivity contribution >= 4 is 11.6 Å². The van der Waals surface area contributed by atoms with Crippen molar-refractivity contribution in [2.75, 3.05) is 0 Å². The van der Waals surface area contributed by atoms with Crippen LogP contribution >= 0.6 is 11.6 Å². The molecule has 0 amide bonds. The number of nitrogens with one attached hydrogen (secondary N) is 1. The normalized spacial score (nSPS) is 29.2. The first-order valence-corrected chi connectivity index (χ1v) is 7.94. The van der Waals surface area contributed by atoms with E-state index in [1.807, 2.05) is 12.1 Å². The molecule has 0 heterocycles. The molecule has 2 rings (SSSR count). The highest BCUT2D eigenvalue weighted by Crippen LogP contribution is 2.29. The summed E-state index contributed by atoms with van der Waals surface area (Å²) in [6, 6.07) is 9.43. The number of hydrogen-bond acceptors (Lipinski definition) is 1. The monoisotopic (exact) mass is 279 g/mol.